The lowest BCUT2D eigenvalue weighted by atomic mass is 9.97. The van der Waals surface area contributed by atoms with E-state index >= 15 is 0 Å². The Morgan fingerprint density at radius 3 is 1.32 bits per heavy atom. The Balaban J connectivity index is 1.06. The van der Waals surface area contributed by atoms with Crippen LogP contribution in [0.2, 0.25) is 0 Å². The van der Waals surface area contributed by atoms with E-state index in [1.807, 2.05) is 0 Å². The molecule has 0 saturated carbocycles. The van der Waals surface area contributed by atoms with Gasteiger partial charge in [-0.05, 0) is 105 Å². The highest BCUT2D eigenvalue weighted by Crippen LogP contribution is 2.41. The van der Waals surface area contributed by atoms with Crippen molar-refractivity contribution in [2.75, 3.05) is 0 Å². The number of hydrogen-bond acceptors (Lipinski definition) is 0. The minimum absolute atomic E-state index is 1.14. The second-order valence-electron chi connectivity index (χ2n) is 14.5. The summed E-state index contributed by atoms with van der Waals surface area (Å²) in [6.45, 7) is 0. The smallest absolute Gasteiger partial charge is 0.0547 e. The van der Waals surface area contributed by atoms with E-state index in [2.05, 4.69) is 228 Å². The Hall–Kier alpha value is -7.42. The van der Waals surface area contributed by atoms with Gasteiger partial charge in [0, 0.05) is 32.9 Å². The van der Waals surface area contributed by atoms with Gasteiger partial charge in [-0.2, -0.15) is 0 Å². The van der Waals surface area contributed by atoms with E-state index in [-0.39, 0.29) is 0 Å². The fraction of sp³-hybridized carbons (Fsp3) is 0. The molecule has 0 aliphatic carbocycles. The molecular formula is C54H36N2. The molecule has 0 unspecified atom stereocenters. The standard InChI is InChI=1S/C54H36N2/c1-4-13-37(14-5-1)38-23-25-39(26-24-38)40-27-31-45(32-28-40)56-52-34-30-43(36-49(52)54-46(20-12-22-53(54)56)41-15-6-2-7-16-41)42-29-33-51-48(35-42)47-19-10-11-21-50(47)55(51)44-17-8-3-9-18-44/h1-36H. The first-order valence-corrected chi connectivity index (χ1v) is 19.3. The van der Waals surface area contributed by atoms with Crippen LogP contribution in [0.4, 0.5) is 0 Å². The van der Waals surface area contributed by atoms with Gasteiger partial charge in [0.15, 0.2) is 0 Å². The molecule has 0 N–H and O–H groups in total. The normalized spacial score (nSPS) is 11.6. The fourth-order valence-corrected chi connectivity index (χ4v) is 8.68. The van der Waals surface area contributed by atoms with Crippen LogP contribution in [-0.2, 0) is 0 Å². The van der Waals surface area contributed by atoms with Crippen LogP contribution < -0.4 is 0 Å². The second-order valence-corrected chi connectivity index (χ2v) is 14.5. The number of rotatable bonds is 6. The summed E-state index contributed by atoms with van der Waals surface area (Å²) < 4.78 is 4.81. The average molecular weight is 713 g/mol. The van der Waals surface area contributed by atoms with Crippen LogP contribution >= 0.6 is 0 Å². The molecule has 0 fully saturated rings. The van der Waals surface area contributed by atoms with Crippen LogP contribution in [0.3, 0.4) is 0 Å². The van der Waals surface area contributed by atoms with E-state index in [1.54, 1.807) is 0 Å². The van der Waals surface area contributed by atoms with Crippen LogP contribution in [0.1, 0.15) is 0 Å². The number of nitrogens with zero attached hydrogens (tertiary/aromatic N) is 2. The fourth-order valence-electron chi connectivity index (χ4n) is 8.68. The van der Waals surface area contributed by atoms with Crippen LogP contribution in [0, 0.1) is 0 Å². The molecule has 0 saturated heterocycles. The van der Waals surface area contributed by atoms with Crippen molar-refractivity contribution in [3.05, 3.63) is 218 Å². The summed E-state index contributed by atoms with van der Waals surface area (Å²) in [5.74, 6) is 0. The topological polar surface area (TPSA) is 9.86 Å². The summed E-state index contributed by atoms with van der Waals surface area (Å²) in [4.78, 5) is 0. The van der Waals surface area contributed by atoms with Crippen molar-refractivity contribution in [2.24, 2.45) is 0 Å². The first-order chi connectivity index (χ1) is 27.8. The molecule has 0 bridgehead atoms. The van der Waals surface area contributed by atoms with Crippen molar-refractivity contribution in [2.45, 2.75) is 0 Å². The molecule has 0 radical (unpaired) electrons. The van der Waals surface area contributed by atoms with Gasteiger partial charge in [-0.25, -0.2) is 0 Å². The largest absolute Gasteiger partial charge is 0.309 e. The summed E-state index contributed by atoms with van der Waals surface area (Å²) >= 11 is 0. The monoisotopic (exact) mass is 712 g/mol. The van der Waals surface area contributed by atoms with Crippen molar-refractivity contribution >= 4 is 43.6 Å². The number of hydrogen-bond donors (Lipinski definition) is 0. The van der Waals surface area contributed by atoms with Gasteiger partial charge in [0.1, 0.15) is 0 Å². The molecule has 2 nitrogen and oxygen atoms in total. The molecule has 11 rings (SSSR count). The van der Waals surface area contributed by atoms with E-state index in [0.29, 0.717) is 0 Å². The van der Waals surface area contributed by atoms with Gasteiger partial charge < -0.3 is 9.13 Å². The van der Waals surface area contributed by atoms with E-state index in [9.17, 15) is 0 Å². The van der Waals surface area contributed by atoms with Crippen molar-refractivity contribution < 1.29 is 0 Å². The Morgan fingerprint density at radius 2 is 0.661 bits per heavy atom. The third kappa shape index (κ3) is 5.26. The van der Waals surface area contributed by atoms with Gasteiger partial charge in [-0.15, -0.1) is 0 Å². The van der Waals surface area contributed by atoms with E-state index < -0.39 is 0 Å². The summed E-state index contributed by atoms with van der Waals surface area (Å²) in [6, 6.07) is 79.3. The highest BCUT2D eigenvalue weighted by atomic mass is 15.0. The first kappa shape index (κ1) is 32.0. The van der Waals surface area contributed by atoms with Gasteiger partial charge in [0.25, 0.3) is 0 Å². The first-order valence-electron chi connectivity index (χ1n) is 19.3. The highest BCUT2D eigenvalue weighted by Gasteiger charge is 2.18. The molecule has 2 heteroatoms. The molecule has 11 aromatic rings. The highest BCUT2D eigenvalue weighted by molar-refractivity contribution is 6.17. The van der Waals surface area contributed by atoms with Crippen LogP contribution in [0.5, 0.6) is 0 Å². The number of para-hydroxylation sites is 2. The lowest BCUT2D eigenvalue weighted by Gasteiger charge is -2.11. The average Bonchev–Trinajstić information content (AvgIpc) is 3.80. The lowest BCUT2D eigenvalue weighted by molar-refractivity contribution is 1.18. The van der Waals surface area contributed by atoms with Crippen LogP contribution in [-0.4, -0.2) is 9.13 Å². The van der Waals surface area contributed by atoms with Crippen molar-refractivity contribution in [3.63, 3.8) is 0 Å². The molecule has 9 aromatic carbocycles. The maximum absolute atomic E-state index is 2.43. The molecule has 0 atom stereocenters. The lowest BCUT2D eigenvalue weighted by Crippen LogP contribution is -1.94. The van der Waals surface area contributed by atoms with E-state index in [4.69, 9.17) is 0 Å². The zero-order chi connectivity index (χ0) is 37.0. The Bertz CT molecular complexity index is 3190. The molecular weight excluding hydrogens is 677 g/mol. The Kier molecular flexibility index (Phi) is 7.53. The predicted octanol–water partition coefficient (Wildman–Crippen LogP) is 14.5. The molecule has 0 amide bonds. The number of aromatic nitrogens is 2. The third-order valence-electron chi connectivity index (χ3n) is 11.3. The zero-order valence-corrected chi connectivity index (χ0v) is 30.7. The van der Waals surface area contributed by atoms with Gasteiger partial charge >= 0.3 is 0 Å². The number of fused-ring (bicyclic) bond motifs is 6. The molecule has 0 spiro atoms. The maximum Gasteiger partial charge on any atom is 0.0547 e. The summed E-state index contributed by atoms with van der Waals surface area (Å²) in [6.07, 6.45) is 0. The molecule has 2 aromatic heterocycles. The van der Waals surface area contributed by atoms with Crippen molar-refractivity contribution in [1.29, 1.82) is 0 Å². The second kappa shape index (κ2) is 13.2. The van der Waals surface area contributed by atoms with E-state index in [1.165, 1.54) is 93.8 Å². The van der Waals surface area contributed by atoms with E-state index in [0.717, 1.165) is 5.69 Å². The minimum Gasteiger partial charge on any atom is -0.309 e. The summed E-state index contributed by atoms with van der Waals surface area (Å²) in [5.41, 5.74) is 16.8. The molecule has 0 aliphatic rings. The van der Waals surface area contributed by atoms with Gasteiger partial charge in [-0.1, -0.05) is 158 Å². The predicted molar refractivity (Wildman–Crippen MR) is 237 cm³/mol. The van der Waals surface area contributed by atoms with Gasteiger partial charge in [0.2, 0.25) is 0 Å². The third-order valence-corrected chi connectivity index (χ3v) is 11.3. The van der Waals surface area contributed by atoms with Crippen molar-refractivity contribution in [1.82, 2.24) is 9.13 Å². The minimum atomic E-state index is 1.14. The van der Waals surface area contributed by atoms with Crippen molar-refractivity contribution in [3.8, 4) is 55.9 Å². The van der Waals surface area contributed by atoms with Crippen LogP contribution in [0.25, 0.3) is 99.5 Å². The molecule has 0 aliphatic heterocycles. The molecule has 2 heterocycles. The van der Waals surface area contributed by atoms with Crippen LogP contribution in [0.15, 0.2) is 218 Å². The SMILES string of the molecule is c1ccc(-c2ccc(-c3ccc(-n4c5ccc(-c6ccc7c(c6)c6ccccc6n7-c6ccccc6)cc5c5c(-c6ccccc6)cccc54)cc3)cc2)cc1. The Morgan fingerprint density at radius 1 is 0.232 bits per heavy atom. The zero-order valence-electron chi connectivity index (χ0n) is 30.7. The van der Waals surface area contributed by atoms with Gasteiger partial charge in [0.05, 0.1) is 22.1 Å². The molecule has 262 valence electrons. The Labute approximate surface area is 325 Å². The molecule has 56 heavy (non-hydrogen) atoms. The maximum atomic E-state index is 2.43. The summed E-state index contributed by atoms with van der Waals surface area (Å²) in [5, 5.41) is 5.01. The quantitative estimate of drug-likeness (QED) is 0.162. The van der Waals surface area contributed by atoms with Gasteiger partial charge in [-0.3, -0.25) is 0 Å². The summed E-state index contributed by atoms with van der Waals surface area (Å²) in [7, 11) is 0. The number of benzene rings is 9.